The fourth-order valence-corrected chi connectivity index (χ4v) is 20.4. The van der Waals surface area contributed by atoms with Gasteiger partial charge < -0.3 is 18.3 Å². The van der Waals surface area contributed by atoms with E-state index in [4.69, 9.17) is 18.3 Å². The lowest BCUT2D eigenvalue weighted by Crippen LogP contribution is -2.50. The van der Waals surface area contributed by atoms with Gasteiger partial charge >= 0.3 is 5.97 Å². The van der Waals surface area contributed by atoms with Crippen molar-refractivity contribution in [3.05, 3.63) is 95.6 Å². The first-order chi connectivity index (χ1) is 24.1. The SMILES string of the molecule is COC(=O)[C@H](c1ccc(O[Si](C(C)C)(C(C)C)C(C)C)cc1)[C@@H]1[C@@H](c2ccc(O[Si](C(C)C)(C(C)C)C(C)C)cc2)OCC[C@H]1c1ccccc1. The first-order valence-corrected chi connectivity index (χ1v) is 23.7. The standard InChI is InChI=1S/C44H66O5Si2/c1-29(2)50(30(3)4,31(5)6)48-38-23-19-36(20-24-38)41(44(45)46-13)42-40(35-17-15-14-16-18-35)27-28-47-43(42)37-21-25-39(26-22-37)49-51(32(7)8,33(9)10)34(11)12/h14-26,29-34,40-43H,27-28H2,1-13H3/t40-,41+,42+,43+/m0/s1. The summed E-state index contributed by atoms with van der Waals surface area (Å²) in [5, 5.41) is 0. The third-order valence-corrected chi connectivity index (χ3v) is 24.1. The quantitative estimate of drug-likeness (QED) is 0.115. The molecule has 4 atom stereocenters. The van der Waals surface area contributed by atoms with Crippen molar-refractivity contribution in [2.24, 2.45) is 5.92 Å². The second-order valence-electron chi connectivity index (χ2n) is 16.7. The average Bonchev–Trinajstić information content (AvgIpc) is 3.10. The van der Waals surface area contributed by atoms with Crippen LogP contribution in [0.2, 0.25) is 33.2 Å². The molecule has 0 bridgehead atoms. The van der Waals surface area contributed by atoms with Crippen LogP contribution in [0.25, 0.3) is 0 Å². The smallest absolute Gasteiger partial charge is 0.313 e. The molecule has 0 unspecified atom stereocenters. The molecule has 0 aliphatic carbocycles. The lowest BCUT2D eigenvalue weighted by molar-refractivity contribution is -0.148. The first-order valence-electron chi connectivity index (χ1n) is 19.4. The van der Waals surface area contributed by atoms with E-state index in [-0.39, 0.29) is 23.9 Å². The summed E-state index contributed by atoms with van der Waals surface area (Å²) in [6, 6.07) is 27.4. The predicted molar refractivity (Wildman–Crippen MR) is 217 cm³/mol. The van der Waals surface area contributed by atoms with Gasteiger partial charge in [0.1, 0.15) is 11.5 Å². The zero-order valence-electron chi connectivity index (χ0n) is 33.7. The average molecular weight is 731 g/mol. The van der Waals surface area contributed by atoms with E-state index < -0.39 is 22.6 Å². The number of ether oxygens (including phenoxy) is 2. The highest BCUT2D eigenvalue weighted by Gasteiger charge is 2.49. The molecule has 280 valence electrons. The molecule has 0 spiro atoms. The number of rotatable bonds is 15. The van der Waals surface area contributed by atoms with E-state index in [9.17, 15) is 4.79 Å². The Kier molecular flexibility index (Phi) is 13.9. The number of esters is 1. The largest absolute Gasteiger partial charge is 0.543 e. The minimum atomic E-state index is -2.14. The second-order valence-corrected chi connectivity index (χ2v) is 27.4. The fraction of sp³-hybridized carbons (Fsp3) is 0.568. The van der Waals surface area contributed by atoms with Gasteiger partial charge in [-0.1, -0.05) is 138 Å². The number of hydrogen-bond acceptors (Lipinski definition) is 5. The van der Waals surface area contributed by atoms with E-state index in [1.807, 2.05) is 6.07 Å². The molecular weight excluding hydrogens is 665 g/mol. The van der Waals surface area contributed by atoms with Gasteiger partial charge in [-0.25, -0.2) is 0 Å². The van der Waals surface area contributed by atoms with Crippen molar-refractivity contribution in [2.75, 3.05) is 13.7 Å². The summed E-state index contributed by atoms with van der Waals surface area (Å²) in [4.78, 5) is 14.0. The molecule has 3 aromatic carbocycles. The van der Waals surface area contributed by atoms with Gasteiger partial charge in [0.25, 0.3) is 16.6 Å². The Hall–Kier alpha value is -2.88. The molecule has 1 aliphatic rings. The summed E-state index contributed by atoms with van der Waals surface area (Å²) in [5.74, 6) is 0.894. The normalized spacial score (nSPS) is 19.3. The summed E-state index contributed by atoms with van der Waals surface area (Å²) in [5.41, 5.74) is 6.01. The lowest BCUT2D eigenvalue weighted by atomic mass is 9.68. The Balaban J connectivity index is 1.78. The van der Waals surface area contributed by atoms with Gasteiger partial charge in [0, 0.05) is 12.5 Å². The van der Waals surface area contributed by atoms with Crippen LogP contribution >= 0.6 is 0 Å². The van der Waals surface area contributed by atoms with Crippen LogP contribution in [-0.4, -0.2) is 36.3 Å². The maximum Gasteiger partial charge on any atom is 0.313 e. The van der Waals surface area contributed by atoms with Gasteiger partial charge in [-0.05, 0) is 86.5 Å². The van der Waals surface area contributed by atoms with Gasteiger partial charge in [-0.2, -0.15) is 0 Å². The molecule has 0 aromatic heterocycles. The number of carbonyl (C=O) groups excluding carboxylic acids is 1. The van der Waals surface area contributed by atoms with Crippen molar-refractivity contribution in [3.8, 4) is 11.5 Å². The Morgan fingerprint density at radius 2 is 1.04 bits per heavy atom. The van der Waals surface area contributed by atoms with Gasteiger partial charge in [-0.3, -0.25) is 4.79 Å². The fourth-order valence-electron chi connectivity index (χ4n) is 9.88. The van der Waals surface area contributed by atoms with E-state index >= 15 is 0 Å². The van der Waals surface area contributed by atoms with E-state index in [0.29, 0.717) is 39.9 Å². The van der Waals surface area contributed by atoms with Crippen molar-refractivity contribution in [1.29, 1.82) is 0 Å². The molecule has 1 fully saturated rings. The van der Waals surface area contributed by atoms with Crippen molar-refractivity contribution in [3.63, 3.8) is 0 Å². The molecule has 1 heterocycles. The van der Waals surface area contributed by atoms with Crippen molar-refractivity contribution < 1.29 is 23.1 Å². The summed E-state index contributed by atoms with van der Waals surface area (Å²) in [7, 11) is -2.76. The van der Waals surface area contributed by atoms with Gasteiger partial charge in [-0.15, -0.1) is 0 Å². The highest BCUT2D eigenvalue weighted by molar-refractivity contribution is 6.78. The Morgan fingerprint density at radius 1 is 0.608 bits per heavy atom. The lowest BCUT2D eigenvalue weighted by Gasteiger charge is -2.43. The van der Waals surface area contributed by atoms with Crippen LogP contribution in [0.15, 0.2) is 78.9 Å². The molecule has 5 nitrogen and oxygen atoms in total. The molecule has 1 saturated heterocycles. The molecule has 4 rings (SSSR count). The van der Waals surface area contributed by atoms with Gasteiger partial charge in [0.15, 0.2) is 0 Å². The van der Waals surface area contributed by atoms with Crippen LogP contribution in [0.3, 0.4) is 0 Å². The van der Waals surface area contributed by atoms with Crippen molar-refractivity contribution in [2.45, 2.75) is 141 Å². The summed E-state index contributed by atoms with van der Waals surface area (Å²) < 4.78 is 26.3. The minimum Gasteiger partial charge on any atom is -0.543 e. The number of hydrogen-bond donors (Lipinski definition) is 0. The topological polar surface area (TPSA) is 54.0 Å². The molecule has 3 aromatic rings. The summed E-state index contributed by atoms with van der Waals surface area (Å²) in [6.07, 6.45) is 0.501. The van der Waals surface area contributed by atoms with Gasteiger partial charge in [0.2, 0.25) is 0 Å². The zero-order valence-corrected chi connectivity index (χ0v) is 35.7. The molecule has 0 saturated carbocycles. The number of benzene rings is 3. The highest BCUT2D eigenvalue weighted by Crippen LogP contribution is 2.51. The molecule has 0 amide bonds. The molecule has 1 aliphatic heterocycles. The van der Waals surface area contributed by atoms with Crippen LogP contribution in [0.4, 0.5) is 0 Å². The predicted octanol–water partition coefficient (Wildman–Crippen LogP) is 12.6. The molecule has 7 heteroatoms. The van der Waals surface area contributed by atoms with Crippen LogP contribution in [-0.2, 0) is 14.3 Å². The third-order valence-electron chi connectivity index (χ3n) is 12.1. The van der Waals surface area contributed by atoms with E-state index in [1.54, 1.807) is 0 Å². The summed E-state index contributed by atoms with van der Waals surface area (Å²) >= 11 is 0. The van der Waals surface area contributed by atoms with E-state index in [1.165, 1.54) is 12.7 Å². The molecule has 0 radical (unpaired) electrons. The molecule has 51 heavy (non-hydrogen) atoms. The monoisotopic (exact) mass is 730 g/mol. The van der Waals surface area contributed by atoms with E-state index in [2.05, 4.69) is 156 Å². The first kappa shape index (κ1) is 40.9. The maximum atomic E-state index is 14.0. The Bertz CT molecular complexity index is 1470. The second kappa shape index (κ2) is 17.3. The molecule has 0 N–H and O–H groups in total. The zero-order chi connectivity index (χ0) is 37.7. The Morgan fingerprint density at radius 3 is 1.45 bits per heavy atom. The number of methoxy groups -OCH3 is 1. The number of carbonyl (C=O) groups is 1. The van der Waals surface area contributed by atoms with E-state index in [0.717, 1.165) is 29.0 Å². The third kappa shape index (κ3) is 8.36. The summed E-state index contributed by atoms with van der Waals surface area (Å²) in [6.45, 7) is 28.3. The van der Waals surface area contributed by atoms with Crippen molar-refractivity contribution in [1.82, 2.24) is 0 Å². The maximum absolute atomic E-state index is 14.0. The van der Waals surface area contributed by atoms with Crippen LogP contribution < -0.4 is 8.85 Å². The minimum absolute atomic E-state index is 0.0895. The van der Waals surface area contributed by atoms with Crippen LogP contribution in [0, 0.1) is 5.92 Å². The highest BCUT2D eigenvalue weighted by atomic mass is 28.4. The Labute approximate surface area is 312 Å². The van der Waals surface area contributed by atoms with Crippen molar-refractivity contribution >= 4 is 22.6 Å². The van der Waals surface area contributed by atoms with Gasteiger partial charge in [0.05, 0.1) is 19.1 Å². The van der Waals surface area contributed by atoms with Crippen LogP contribution in [0.5, 0.6) is 11.5 Å². The van der Waals surface area contributed by atoms with Crippen LogP contribution in [0.1, 0.15) is 124 Å². The molecular formula is C44H66O5Si2.